The van der Waals surface area contributed by atoms with E-state index in [4.69, 9.17) is 8.83 Å². The maximum absolute atomic E-state index is 13.2. The van der Waals surface area contributed by atoms with Crippen LogP contribution in [-0.4, -0.2) is 10.9 Å². The fourth-order valence-electron chi connectivity index (χ4n) is 4.86. The lowest BCUT2D eigenvalue weighted by atomic mass is 10.0. The number of nitrogens with zero attached hydrogens (tertiary/aromatic N) is 1. The molecule has 5 aromatic carbocycles. The fourth-order valence-corrected chi connectivity index (χ4v) is 4.86. The second-order valence-electron chi connectivity index (χ2n) is 9.67. The third kappa shape index (κ3) is 4.79. The zero-order chi connectivity index (χ0) is 27.8. The summed E-state index contributed by atoms with van der Waals surface area (Å²) in [6, 6.07) is 39.6. The highest BCUT2D eigenvalue weighted by atomic mass is 16.4. The molecule has 1 amide bonds. The number of aromatic nitrogens is 1. The first-order valence-corrected chi connectivity index (χ1v) is 13.1. The zero-order valence-corrected chi connectivity index (χ0v) is 21.7. The topological polar surface area (TPSA) is 85.3 Å². The molecule has 2 heterocycles. The molecule has 1 N–H and O–H groups in total. The van der Waals surface area contributed by atoms with Gasteiger partial charge in [0.1, 0.15) is 11.1 Å². The van der Waals surface area contributed by atoms with Gasteiger partial charge in [0.2, 0.25) is 5.89 Å². The maximum Gasteiger partial charge on any atom is 0.344 e. The predicted molar refractivity (Wildman–Crippen MR) is 161 cm³/mol. The highest BCUT2D eigenvalue weighted by molar-refractivity contribution is 6.05. The number of anilines is 1. The summed E-state index contributed by atoms with van der Waals surface area (Å²) in [5, 5.41) is 3.74. The van der Waals surface area contributed by atoms with Gasteiger partial charge in [-0.25, -0.2) is 9.78 Å². The van der Waals surface area contributed by atoms with Gasteiger partial charge in [-0.05, 0) is 71.3 Å². The molecule has 0 unspecified atom stereocenters. The summed E-state index contributed by atoms with van der Waals surface area (Å²) in [5.74, 6) is 0.196. The van der Waals surface area contributed by atoms with E-state index in [0.29, 0.717) is 45.0 Å². The number of fused-ring (bicyclic) bond motifs is 2. The summed E-state index contributed by atoms with van der Waals surface area (Å²) in [4.78, 5) is 30.4. The Kier molecular flexibility index (Phi) is 5.98. The number of benzene rings is 5. The minimum absolute atomic E-state index is 0.309. The van der Waals surface area contributed by atoms with Gasteiger partial charge in [0, 0.05) is 22.2 Å². The molecule has 0 saturated carbocycles. The quantitative estimate of drug-likeness (QED) is 0.225. The summed E-state index contributed by atoms with van der Waals surface area (Å²) >= 11 is 0. The average molecular weight is 535 g/mol. The molecule has 6 heteroatoms. The van der Waals surface area contributed by atoms with Gasteiger partial charge < -0.3 is 14.2 Å². The first kappa shape index (κ1) is 24.3. The molecule has 0 spiro atoms. The van der Waals surface area contributed by atoms with Crippen LogP contribution in [-0.2, 0) is 0 Å². The minimum atomic E-state index is -0.455. The van der Waals surface area contributed by atoms with Gasteiger partial charge in [0.05, 0.1) is 5.56 Å². The zero-order valence-electron chi connectivity index (χ0n) is 21.7. The van der Waals surface area contributed by atoms with Gasteiger partial charge in [-0.2, -0.15) is 0 Å². The smallest absolute Gasteiger partial charge is 0.344 e. The number of para-hydroxylation sites is 1. The summed E-state index contributed by atoms with van der Waals surface area (Å²) < 4.78 is 11.5. The first-order chi connectivity index (χ1) is 20.1. The third-order valence-corrected chi connectivity index (χ3v) is 6.96. The van der Waals surface area contributed by atoms with Crippen LogP contribution < -0.4 is 10.9 Å². The summed E-state index contributed by atoms with van der Waals surface area (Å²) in [6.45, 7) is 0. The highest BCUT2D eigenvalue weighted by Crippen LogP contribution is 2.29. The van der Waals surface area contributed by atoms with Gasteiger partial charge in [-0.1, -0.05) is 72.8 Å². The molecule has 196 valence electrons. The van der Waals surface area contributed by atoms with E-state index in [2.05, 4.69) is 22.4 Å². The average Bonchev–Trinajstić information content (AvgIpc) is 3.45. The number of nitrogens with one attached hydrogen (secondary N) is 1. The molecule has 0 radical (unpaired) electrons. The van der Waals surface area contributed by atoms with E-state index in [-0.39, 0.29) is 5.91 Å². The Labute approximate surface area is 234 Å². The Hall–Kier alpha value is -5.75. The molecule has 0 aliphatic rings. The van der Waals surface area contributed by atoms with Crippen molar-refractivity contribution in [1.82, 2.24) is 4.98 Å². The van der Waals surface area contributed by atoms with E-state index in [1.807, 2.05) is 60.7 Å². The molecule has 41 heavy (non-hydrogen) atoms. The molecule has 7 aromatic rings. The molecule has 0 bridgehead atoms. The van der Waals surface area contributed by atoms with Crippen molar-refractivity contribution in [2.24, 2.45) is 0 Å². The standard InChI is InChI=1S/C35H22N2O4/c38-33(27-11-6-10-25(19-27)29-20-26-9-4-5-12-31(26)41-35(29)39)36-28-17-18-32-30(21-28)37-34(40-32)24-15-13-23(14-16-24)22-7-2-1-3-8-22/h1-21H,(H,36,38). The van der Waals surface area contributed by atoms with Gasteiger partial charge >= 0.3 is 5.63 Å². The number of amides is 1. The number of oxazole rings is 1. The number of hydrogen-bond acceptors (Lipinski definition) is 5. The second-order valence-corrected chi connectivity index (χ2v) is 9.67. The maximum atomic E-state index is 13.2. The number of carbonyl (C=O) groups is 1. The number of carbonyl (C=O) groups excluding carboxylic acids is 1. The van der Waals surface area contributed by atoms with Crippen molar-refractivity contribution >= 4 is 33.7 Å². The van der Waals surface area contributed by atoms with Crippen LogP contribution >= 0.6 is 0 Å². The summed E-state index contributed by atoms with van der Waals surface area (Å²) in [6.07, 6.45) is 0. The Bertz CT molecular complexity index is 2110. The molecule has 0 saturated heterocycles. The van der Waals surface area contributed by atoms with Crippen molar-refractivity contribution in [3.05, 3.63) is 143 Å². The SMILES string of the molecule is O=C(Nc1ccc2oc(-c3ccc(-c4ccccc4)cc3)nc2c1)c1cccc(-c2cc3ccccc3oc2=O)c1. The Balaban J connectivity index is 1.12. The van der Waals surface area contributed by atoms with Crippen LogP contribution in [0.1, 0.15) is 10.4 Å². The summed E-state index contributed by atoms with van der Waals surface area (Å²) in [7, 11) is 0. The van der Waals surface area contributed by atoms with Gasteiger partial charge in [-0.3, -0.25) is 4.79 Å². The van der Waals surface area contributed by atoms with E-state index in [9.17, 15) is 9.59 Å². The van der Waals surface area contributed by atoms with Crippen LogP contribution in [0.5, 0.6) is 0 Å². The van der Waals surface area contributed by atoms with Gasteiger partial charge in [0.15, 0.2) is 5.58 Å². The lowest BCUT2D eigenvalue weighted by molar-refractivity contribution is 0.102. The van der Waals surface area contributed by atoms with Crippen LogP contribution in [0.4, 0.5) is 5.69 Å². The molecule has 6 nitrogen and oxygen atoms in total. The molecule has 0 fully saturated rings. The van der Waals surface area contributed by atoms with Crippen molar-refractivity contribution in [2.45, 2.75) is 0 Å². The van der Waals surface area contributed by atoms with Crippen molar-refractivity contribution in [3.63, 3.8) is 0 Å². The van der Waals surface area contributed by atoms with Crippen LogP contribution in [0.25, 0.3) is 55.8 Å². The van der Waals surface area contributed by atoms with E-state index < -0.39 is 5.63 Å². The van der Waals surface area contributed by atoms with Crippen LogP contribution in [0.2, 0.25) is 0 Å². The lowest BCUT2D eigenvalue weighted by Gasteiger charge is -2.07. The van der Waals surface area contributed by atoms with Gasteiger partial charge in [0.25, 0.3) is 5.91 Å². The van der Waals surface area contributed by atoms with Crippen LogP contribution in [0, 0.1) is 0 Å². The largest absolute Gasteiger partial charge is 0.436 e. The molecule has 2 aromatic heterocycles. The highest BCUT2D eigenvalue weighted by Gasteiger charge is 2.14. The molecule has 7 rings (SSSR count). The minimum Gasteiger partial charge on any atom is -0.436 e. The predicted octanol–water partition coefficient (Wildman–Crippen LogP) is 8.19. The van der Waals surface area contributed by atoms with E-state index in [1.54, 1.807) is 54.6 Å². The molecule has 0 aliphatic carbocycles. The van der Waals surface area contributed by atoms with Crippen molar-refractivity contribution in [3.8, 4) is 33.7 Å². The molecular weight excluding hydrogens is 512 g/mol. The van der Waals surface area contributed by atoms with Gasteiger partial charge in [-0.15, -0.1) is 0 Å². The third-order valence-electron chi connectivity index (χ3n) is 6.96. The van der Waals surface area contributed by atoms with Crippen LogP contribution in [0.15, 0.2) is 141 Å². The van der Waals surface area contributed by atoms with Crippen molar-refractivity contribution in [2.75, 3.05) is 5.32 Å². The molecule has 0 aliphatic heterocycles. The normalized spacial score (nSPS) is 11.1. The monoisotopic (exact) mass is 534 g/mol. The van der Waals surface area contributed by atoms with Crippen molar-refractivity contribution in [1.29, 1.82) is 0 Å². The summed E-state index contributed by atoms with van der Waals surface area (Å²) in [5.41, 5.74) is 6.42. The lowest BCUT2D eigenvalue weighted by Crippen LogP contribution is -2.12. The Morgan fingerprint density at radius 2 is 1.34 bits per heavy atom. The molecule has 0 atom stereocenters. The second kappa shape index (κ2) is 10.1. The number of rotatable bonds is 5. The number of hydrogen-bond donors (Lipinski definition) is 1. The fraction of sp³-hybridized carbons (Fsp3) is 0. The molecular formula is C35H22N2O4. The van der Waals surface area contributed by atoms with E-state index >= 15 is 0 Å². The van der Waals surface area contributed by atoms with Crippen LogP contribution in [0.3, 0.4) is 0 Å². The van der Waals surface area contributed by atoms with Crippen molar-refractivity contribution < 1.29 is 13.6 Å². The van der Waals surface area contributed by atoms with E-state index in [1.165, 1.54) is 0 Å². The first-order valence-electron chi connectivity index (χ1n) is 13.1. The Morgan fingerprint density at radius 1 is 0.610 bits per heavy atom. The van der Waals surface area contributed by atoms with E-state index in [0.717, 1.165) is 22.1 Å². The Morgan fingerprint density at radius 3 is 2.20 bits per heavy atom.